The van der Waals surface area contributed by atoms with Gasteiger partial charge in [-0.05, 0) is 38.1 Å². The van der Waals surface area contributed by atoms with Crippen molar-refractivity contribution in [2.75, 3.05) is 33.0 Å². The minimum Gasteiger partial charge on any atom is -0.480 e. The lowest BCUT2D eigenvalue weighted by Gasteiger charge is -2.32. The van der Waals surface area contributed by atoms with E-state index >= 15 is 0 Å². The summed E-state index contributed by atoms with van der Waals surface area (Å²) >= 11 is 0. The van der Waals surface area contributed by atoms with Crippen molar-refractivity contribution in [3.05, 3.63) is 0 Å². The first-order chi connectivity index (χ1) is 16.5. The van der Waals surface area contributed by atoms with Crippen molar-refractivity contribution >= 4 is 33.8 Å². The van der Waals surface area contributed by atoms with Crippen LogP contribution < -0.4 is 26.4 Å². The second-order valence-electron chi connectivity index (χ2n) is 8.70. The first kappa shape index (κ1) is 30.7. The van der Waals surface area contributed by atoms with Gasteiger partial charge in [0.2, 0.25) is 21.8 Å². The molecule has 202 valence electrons. The smallest absolute Gasteiger partial charge is 0.325 e. The molecule has 14 heteroatoms. The monoisotopic (exact) mass is 521 g/mol. The lowest BCUT2D eigenvalue weighted by atomic mass is 9.83. The number of amides is 2. The molecular formula is C21H39N5O8S. The van der Waals surface area contributed by atoms with Crippen LogP contribution in [0.2, 0.25) is 0 Å². The minimum atomic E-state index is -3.69. The third-order valence-electron chi connectivity index (χ3n) is 5.82. The van der Waals surface area contributed by atoms with Gasteiger partial charge in [0, 0.05) is 6.54 Å². The molecular weight excluding hydrogens is 482 g/mol. The third kappa shape index (κ3) is 12.3. The average molecular weight is 522 g/mol. The van der Waals surface area contributed by atoms with Crippen LogP contribution in [0.5, 0.6) is 0 Å². The summed E-state index contributed by atoms with van der Waals surface area (Å²) in [5.41, 5.74) is 5.46. The number of carboxylic acids is 1. The van der Waals surface area contributed by atoms with Crippen LogP contribution in [0.1, 0.15) is 51.4 Å². The molecule has 0 saturated heterocycles. The number of rotatable bonds is 16. The topological polar surface area (TPSA) is 206 Å². The second kappa shape index (κ2) is 15.7. The summed E-state index contributed by atoms with van der Waals surface area (Å²) in [7, 11) is -2.49. The van der Waals surface area contributed by atoms with E-state index in [0.717, 1.165) is 25.5 Å². The van der Waals surface area contributed by atoms with Gasteiger partial charge in [-0.3, -0.25) is 24.5 Å². The molecule has 0 spiro atoms. The van der Waals surface area contributed by atoms with Crippen LogP contribution in [0.15, 0.2) is 0 Å². The van der Waals surface area contributed by atoms with E-state index in [-0.39, 0.29) is 25.4 Å². The molecule has 2 unspecified atom stereocenters. The molecule has 0 aromatic carbocycles. The lowest BCUT2D eigenvalue weighted by Crippen LogP contribution is -2.58. The van der Waals surface area contributed by atoms with Crippen molar-refractivity contribution < 1.29 is 37.4 Å². The summed E-state index contributed by atoms with van der Waals surface area (Å²) in [5.74, 6) is -3.28. The second-order valence-corrected chi connectivity index (χ2v) is 10.5. The Kier molecular flexibility index (Phi) is 13.7. The number of hydrogen-bond acceptors (Lipinski definition) is 9. The quantitative estimate of drug-likeness (QED) is 0.102. The molecule has 0 aromatic rings. The summed E-state index contributed by atoms with van der Waals surface area (Å²) in [6.45, 7) is -0.338. The van der Waals surface area contributed by atoms with Crippen molar-refractivity contribution in [2.45, 2.75) is 69.5 Å². The Labute approximate surface area is 206 Å². The average Bonchev–Trinajstić information content (AvgIpc) is 2.81. The van der Waals surface area contributed by atoms with E-state index in [0.29, 0.717) is 32.2 Å². The molecule has 1 rings (SSSR count). The Morgan fingerprint density at radius 3 is 2.23 bits per heavy atom. The first-order valence-electron chi connectivity index (χ1n) is 11.8. The first-order valence-corrected chi connectivity index (χ1v) is 13.7. The van der Waals surface area contributed by atoms with Crippen LogP contribution in [-0.4, -0.2) is 88.4 Å². The van der Waals surface area contributed by atoms with E-state index in [1.807, 2.05) is 0 Å². The number of carbonyl (C=O) groups excluding carboxylic acids is 3. The fourth-order valence-electron chi connectivity index (χ4n) is 3.99. The van der Waals surface area contributed by atoms with Crippen LogP contribution >= 0.6 is 0 Å². The van der Waals surface area contributed by atoms with Gasteiger partial charge < -0.3 is 26.2 Å². The molecule has 2 amide bonds. The van der Waals surface area contributed by atoms with E-state index in [2.05, 4.69) is 25.4 Å². The molecule has 0 heterocycles. The fraction of sp³-hybridized carbons (Fsp3) is 0.810. The molecule has 1 saturated carbocycles. The number of carbonyl (C=O) groups is 4. The summed E-state index contributed by atoms with van der Waals surface area (Å²) < 4.78 is 30.1. The maximum absolute atomic E-state index is 12.8. The zero-order chi connectivity index (χ0) is 26.4. The van der Waals surface area contributed by atoms with Gasteiger partial charge in [0.15, 0.2) is 0 Å². The number of nitrogens with one attached hydrogen (secondary N) is 4. The summed E-state index contributed by atoms with van der Waals surface area (Å²) in [4.78, 5) is 48.8. The number of hydrogen-bond donors (Lipinski definition) is 6. The fourth-order valence-corrected chi connectivity index (χ4v) is 4.73. The molecule has 0 bridgehead atoms. The number of sulfonamides is 1. The Hall–Kier alpha value is -2.29. The number of carboxylic acid groups (broad SMARTS) is 1. The van der Waals surface area contributed by atoms with Crippen molar-refractivity contribution in [1.82, 2.24) is 20.7 Å². The van der Waals surface area contributed by atoms with Gasteiger partial charge in [-0.1, -0.05) is 25.7 Å². The number of nitrogens with two attached hydrogens (primary N) is 1. The number of unbranched alkanes of at least 4 members (excludes halogenated alkanes) is 1. The molecule has 0 aromatic heterocycles. The maximum atomic E-state index is 12.8. The highest BCUT2D eigenvalue weighted by molar-refractivity contribution is 7.88. The predicted molar refractivity (Wildman–Crippen MR) is 128 cm³/mol. The molecule has 1 aliphatic rings. The van der Waals surface area contributed by atoms with E-state index in [1.54, 1.807) is 0 Å². The summed E-state index contributed by atoms with van der Waals surface area (Å²) in [5, 5.41) is 17.5. The van der Waals surface area contributed by atoms with Crippen molar-refractivity contribution in [3.63, 3.8) is 0 Å². The molecule has 13 nitrogen and oxygen atoms in total. The van der Waals surface area contributed by atoms with Gasteiger partial charge in [-0.2, -0.15) is 0 Å². The van der Waals surface area contributed by atoms with Crippen molar-refractivity contribution in [3.8, 4) is 0 Å². The summed E-state index contributed by atoms with van der Waals surface area (Å²) in [6, 6.07) is -3.30. The highest BCUT2D eigenvalue weighted by Gasteiger charge is 2.34. The van der Waals surface area contributed by atoms with Crippen molar-refractivity contribution in [1.29, 1.82) is 0 Å². The van der Waals surface area contributed by atoms with Crippen LogP contribution in [0.25, 0.3) is 0 Å². The largest absolute Gasteiger partial charge is 0.480 e. The van der Waals surface area contributed by atoms with E-state index in [9.17, 15) is 32.7 Å². The summed E-state index contributed by atoms with van der Waals surface area (Å²) in [6.07, 6.45) is 6.45. The molecule has 35 heavy (non-hydrogen) atoms. The van der Waals surface area contributed by atoms with Gasteiger partial charge in [0.25, 0.3) is 0 Å². The van der Waals surface area contributed by atoms with E-state index in [1.165, 1.54) is 7.11 Å². The molecule has 1 fully saturated rings. The third-order valence-corrected chi connectivity index (χ3v) is 6.53. The van der Waals surface area contributed by atoms with Crippen molar-refractivity contribution in [2.24, 2.45) is 11.7 Å². The van der Waals surface area contributed by atoms with Crippen LogP contribution in [0.4, 0.5) is 0 Å². The Morgan fingerprint density at radius 2 is 1.69 bits per heavy atom. The number of esters is 1. The Morgan fingerprint density at radius 1 is 1.03 bits per heavy atom. The standard InChI is InChI=1S/C21H39N5O8S/c1-34-17(27)13-24-20(29)18(14-8-4-3-5-9-14)25-16(21(30)31)12-23-19(28)15(10-6-7-11-22)26-35(2,32)33/h14-16,18,25-26H,3-13,22H2,1-2H3,(H,23,28)(H,24,29)(H,30,31)/t15?,16-,18?/m0/s1. The Balaban J connectivity index is 2.90. The zero-order valence-electron chi connectivity index (χ0n) is 20.4. The highest BCUT2D eigenvalue weighted by atomic mass is 32.2. The number of aliphatic carboxylic acids is 1. The minimum absolute atomic E-state index is 0.144. The zero-order valence-corrected chi connectivity index (χ0v) is 21.2. The number of methoxy groups -OCH3 is 1. The van der Waals surface area contributed by atoms with Gasteiger partial charge in [-0.15, -0.1) is 0 Å². The molecule has 3 atom stereocenters. The predicted octanol–water partition coefficient (Wildman–Crippen LogP) is -1.57. The van der Waals surface area contributed by atoms with E-state index in [4.69, 9.17) is 5.73 Å². The van der Waals surface area contributed by atoms with Crippen LogP contribution in [0.3, 0.4) is 0 Å². The van der Waals surface area contributed by atoms with Gasteiger partial charge in [-0.25, -0.2) is 13.1 Å². The molecule has 7 N–H and O–H groups in total. The van der Waals surface area contributed by atoms with Gasteiger partial charge in [0.05, 0.1) is 19.4 Å². The van der Waals surface area contributed by atoms with E-state index < -0.39 is 51.9 Å². The van der Waals surface area contributed by atoms with Crippen LogP contribution in [0, 0.1) is 5.92 Å². The molecule has 1 aliphatic carbocycles. The molecule has 0 aliphatic heterocycles. The van der Waals surface area contributed by atoms with Gasteiger partial charge in [0.1, 0.15) is 18.6 Å². The normalized spacial score (nSPS) is 17.1. The SMILES string of the molecule is COC(=O)CNC(=O)C(N[C@@H](CNC(=O)C(CCCCN)NS(C)(=O)=O)C(=O)O)C1CCCCC1. The maximum Gasteiger partial charge on any atom is 0.325 e. The van der Waals surface area contributed by atoms with Crippen LogP contribution in [-0.2, 0) is 33.9 Å². The van der Waals surface area contributed by atoms with Gasteiger partial charge >= 0.3 is 11.9 Å². The molecule has 0 radical (unpaired) electrons. The lowest BCUT2D eigenvalue weighted by molar-refractivity contribution is -0.143. The Bertz CT molecular complexity index is 817. The number of ether oxygens (including phenoxy) is 1. The highest BCUT2D eigenvalue weighted by Crippen LogP contribution is 2.27.